The fraction of sp³-hybridized carbons (Fsp3) is 0.435. The Bertz CT molecular complexity index is 1020. The lowest BCUT2D eigenvalue weighted by Crippen LogP contribution is -2.34. The lowest BCUT2D eigenvalue weighted by Gasteiger charge is -2.13. The first kappa shape index (κ1) is 26.3. The van der Waals surface area contributed by atoms with E-state index in [1.807, 2.05) is 4.72 Å². The van der Waals surface area contributed by atoms with Gasteiger partial charge in [-0.3, -0.25) is 14.6 Å². The van der Waals surface area contributed by atoms with Crippen LogP contribution < -0.4 is 9.46 Å². The van der Waals surface area contributed by atoms with Crippen LogP contribution >= 0.6 is 0 Å². The summed E-state index contributed by atoms with van der Waals surface area (Å²) >= 11 is 0. The van der Waals surface area contributed by atoms with E-state index in [1.165, 1.54) is 18.3 Å². The minimum absolute atomic E-state index is 0.0144. The van der Waals surface area contributed by atoms with Gasteiger partial charge in [-0.25, -0.2) is 13.1 Å². The molecule has 0 aliphatic heterocycles. The van der Waals surface area contributed by atoms with Crippen molar-refractivity contribution in [3.05, 3.63) is 59.4 Å². The van der Waals surface area contributed by atoms with Crippen molar-refractivity contribution in [2.75, 3.05) is 12.4 Å². The minimum atomic E-state index is -4.12. The van der Waals surface area contributed by atoms with Crippen molar-refractivity contribution in [3.8, 4) is 5.75 Å². The predicted octanol–water partition coefficient (Wildman–Crippen LogP) is 2.75. The average Bonchev–Trinajstić information content (AvgIpc) is 2.77. The van der Waals surface area contributed by atoms with Crippen LogP contribution in [0.2, 0.25) is 0 Å². The third kappa shape index (κ3) is 8.82. The second kappa shape index (κ2) is 12.3. The number of hydrogen-bond acceptors (Lipinski definition) is 8. The maximum absolute atomic E-state index is 12.4. The summed E-state index contributed by atoms with van der Waals surface area (Å²) in [5.41, 5.74) is 0.819. The number of aliphatic hydroxyl groups is 1. The molecule has 1 heterocycles. The van der Waals surface area contributed by atoms with Gasteiger partial charge in [0.2, 0.25) is 10.0 Å². The number of rotatable bonds is 12. The Kier molecular flexibility index (Phi) is 9.80. The number of ether oxygens (including phenoxy) is 2. The molecule has 1 unspecified atom stereocenters. The van der Waals surface area contributed by atoms with E-state index in [2.05, 4.69) is 11.9 Å². The molecule has 33 heavy (non-hydrogen) atoms. The summed E-state index contributed by atoms with van der Waals surface area (Å²) in [5.74, 6) is -1.58. The molecule has 0 saturated heterocycles. The maximum atomic E-state index is 12.4. The van der Waals surface area contributed by atoms with Gasteiger partial charge in [-0.1, -0.05) is 39.3 Å². The highest BCUT2D eigenvalue weighted by atomic mass is 32.2. The van der Waals surface area contributed by atoms with Crippen molar-refractivity contribution in [2.45, 2.75) is 46.3 Å². The summed E-state index contributed by atoms with van der Waals surface area (Å²) in [5, 5.41) is 10.3. The number of unbranched alkanes of at least 4 members (excludes halogenated alkanes) is 1. The molecule has 1 aromatic heterocycles. The molecule has 2 N–H and O–H groups in total. The minimum Gasteiger partial charge on any atom is -0.494 e. The summed E-state index contributed by atoms with van der Waals surface area (Å²) < 4.78 is 37.2. The summed E-state index contributed by atoms with van der Waals surface area (Å²) in [6.45, 7) is 6.00. The van der Waals surface area contributed by atoms with E-state index >= 15 is 0 Å². The van der Waals surface area contributed by atoms with E-state index in [9.17, 15) is 23.1 Å². The van der Waals surface area contributed by atoms with E-state index in [0.717, 1.165) is 12.8 Å². The Labute approximate surface area is 194 Å². The van der Waals surface area contributed by atoms with Gasteiger partial charge in [0.25, 0.3) is 5.91 Å². The van der Waals surface area contributed by atoms with Gasteiger partial charge >= 0.3 is 5.97 Å². The summed E-state index contributed by atoms with van der Waals surface area (Å²) in [7, 11) is -4.12. The van der Waals surface area contributed by atoms with Gasteiger partial charge in [0.1, 0.15) is 12.4 Å². The zero-order chi connectivity index (χ0) is 24.4. The summed E-state index contributed by atoms with van der Waals surface area (Å²) in [6.07, 6.45) is 1.80. The number of hydrogen-bond donors (Lipinski definition) is 2. The maximum Gasteiger partial charge on any atom is 0.308 e. The van der Waals surface area contributed by atoms with Crippen molar-refractivity contribution in [1.29, 1.82) is 0 Å². The van der Waals surface area contributed by atoms with Crippen LogP contribution in [0.1, 0.15) is 61.3 Å². The monoisotopic (exact) mass is 478 g/mol. The molecule has 0 aliphatic rings. The highest BCUT2D eigenvalue weighted by molar-refractivity contribution is 7.90. The number of pyridine rings is 1. The van der Waals surface area contributed by atoms with Crippen molar-refractivity contribution < 1.29 is 32.6 Å². The Balaban J connectivity index is 1.91. The number of carbonyl (C=O) groups excluding carboxylic acids is 2. The first-order chi connectivity index (χ1) is 15.6. The van der Waals surface area contributed by atoms with Gasteiger partial charge in [0.15, 0.2) is 0 Å². The number of nitrogens with zero attached hydrogens (tertiary/aromatic N) is 1. The van der Waals surface area contributed by atoms with Gasteiger partial charge in [0, 0.05) is 6.20 Å². The van der Waals surface area contributed by atoms with Crippen molar-refractivity contribution >= 4 is 21.9 Å². The Morgan fingerprint density at radius 1 is 1.12 bits per heavy atom. The van der Waals surface area contributed by atoms with Crippen molar-refractivity contribution in [1.82, 2.24) is 9.71 Å². The van der Waals surface area contributed by atoms with Crippen LogP contribution in [-0.2, 0) is 26.2 Å². The van der Waals surface area contributed by atoms with Crippen LogP contribution in [0.4, 0.5) is 0 Å². The second-order valence-corrected chi connectivity index (χ2v) is 9.57. The third-order valence-corrected chi connectivity index (χ3v) is 5.83. The average molecular weight is 479 g/mol. The number of aromatic nitrogens is 1. The van der Waals surface area contributed by atoms with E-state index in [-0.39, 0.29) is 24.1 Å². The van der Waals surface area contributed by atoms with Crippen LogP contribution in [0.3, 0.4) is 0 Å². The largest absolute Gasteiger partial charge is 0.494 e. The molecule has 0 bridgehead atoms. The Hall–Kier alpha value is -2.98. The van der Waals surface area contributed by atoms with E-state index in [4.69, 9.17) is 9.47 Å². The molecular weight excluding hydrogens is 448 g/mol. The smallest absolute Gasteiger partial charge is 0.308 e. The van der Waals surface area contributed by atoms with Crippen LogP contribution in [0.25, 0.3) is 0 Å². The molecule has 1 atom stereocenters. The molecule has 1 aromatic carbocycles. The number of benzene rings is 1. The molecule has 0 fully saturated rings. The molecule has 2 aromatic rings. The first-order valence-corrected chi connectivity index (χ1v) is 12.3. The topological polar surface area (TPSA) is 132 Å². The van der Waals surface area contributed by atoms with Crippen LogP contribution in [0.15, 0.2) is 42.6 Å². The molecule has 0 aliphatic carbocycles. The predicted molar refractivity (Wildman–Crippen MR) is 122 cm³/mol. The Morgan fingerprint density at radius 2 is 1.82 bits per heavy atom. The Morgan fingerprint density at radius 3 is 2.39 bits per heavy atom. The second-order valence-electron chi connectivity index (χ2n) is 7.80. The first-order valence-electron chi connectivity index (χ1n) is 10.7. The molecule has 2 rings (SSSR count). The molecule has 180 valence electrons. The highest BCUT2D eigenvalue weighted by Gasteiger charge is 2.22. The number of sulfonamides is 1. The van der Waals surface area contributed by atoms with E-state index in [0.29, 0.717) is 23.6 Å². The molecule has 0 saturated carbocycles. The molecule has 10 heteroatoms. The number of nitrogens with one attached hydrogen (secondary N) is 1. The molecular formula is C23H30N2O7S. The van der Waals surface area contributed by atoms with Crippen LogP contribution in [0.5, 0.6) is 5.75 Å². The van der Waals surface area contributed by atoms with Crippen molar-refractivity contribution in [2.24, 2.45) is 5.92 Å². The van der Waals surface area contributed by atoms with Gasteiger partial charge < -0.3 is 14.6 Å². The molecule has 9 nitrogen and oxygen atoms in total. The number of aliphatic hydroxyl groups excluding tert-OH is 1. The van der Waals surface area contributed by atoms with E-state index < -0.39 is 27.8 Å². The zero-order valence-electron chi connectivity index (χ0n) is 19.0. The number of carbonyl (C=O) groups is 2. The van der Waals surface area contributed by atoms with Crippen LogP contribution in [-0.4, -0.2) is 42.7 Å². The fourth-order valence-electron chi connectivity index (χ4n) is 2.62. The van der Waals surface area contributed by atoms with Crippen molar-refractivity contribution in [3.63, 3.8) is 0 Å². The van der Waals surface area contributed by atoms with Gasteiger partial charge in [-0.05, 0) is 36.2 Å². The number of esters is 1. The lowest BCUT2D eigenvalue weighted by atomic mass is 10.1. The standard InChI is InChI=1S/C23H30N2O7S/c1-4-5-12-31-20-10-7-17(8-11-20)21(26)15-33(29,30)25-22(27)18-6-9-19(24-13-18)14-32-23(28)16(2)3/h6-11,13,16,21,26H,4-5,12,14-15H2,1-3H3,(H,25,27). The SMILES string of the molecule is CCCCOc1ccc(C(O)CS(=O)(=O)NC(=O)c2ccc(COC(=O)C(C)C)nc2)cc1. The molecule has 0 spiro atoms. The van der Waals surface area contributed by atoms with Crippen LogP contribution in [0, 0.1) is 5.92 Å². The molecule has 1 amide bonds. The van der Waals surface area contributed by atoms with Gasteiger partial charge in [-0.15, -0.1) is 0 Å². The fourth-order valence-corrected chi connectivity index (χ4v) is 3.71. The quantitative estimate of drug-likeness (QED) is 0.352. The third-order valence-electron chi connectivity index (χ3n) is 4.58. The van der Waals surface area contributed by atoms with Gasteiger partial charge in [-0.2, -0.15) is 0 Å². The summed E-state index contributed by atoms with van der Waals surface area (Å²) in [4.78, 5) is 27.8. The summed E-state index contributed by atoms with van der Waals surface area (Å²) in [6, 6.07) is 9.32. The van der Waals surface area contributed by atoms with E-state index in [1.54, 1.807) is 38.1 Å². The van der Waals surface area contributed by atoms with Gasteiger partial charge in [0.05, 0.1) is 35.6 Å². The number of amides is 1. The zero-order valence-corrected chi connectivity index (χ0v) is 19.8. The molecule has 0 radical (unpaired) electrons. The normalized spacial score (nSPS) is 12.3. The highest BCUT2D eigenvalue weighted by Crippen LogP contribution is 2.19. The lowest BCUT2D eigenvalue weighted by molar-refractivity contribution is -0.148.